The molecule has 0 bridgehead atoms. The Balaban J connectivity index is 0.000000162. The van der Waals surface area contributed by atoms with Crippen LogP contribution in [-0.4, -0.2) is 4.58 Å². The molecule has 1 heterocycles. The molecule has 1 fully saturated rings. The van der Waals surface area contributed by atoms with E-state index in [0.717, 1.165) is 10.5 Å². The minimum atomic E-state index is 0.884. The summed E-state index contributed by atoms with van der Waals surface area (Å²) in [5.74, 6) is 0.884. The van der Waals surface area contributed by atoms with E-state index in [4.69, 9.17) is 0 Å². The zero-order valence-electron chi connectivity index (χ0n) is 7.39. The van der Waals surface area contributed by atoms with Crippen LogP contribution in [0.4, 0.5) is 0 Å². The van der Waals surface area contributed by atoms with Crippen molar-refractivity contribution in [1.82, 2.24) is 0 Å². The molecule has 0 aliphatic carbocycles. The highest BCUT2D eigenvalue weighted by Crippen LogP contribution is 2.54. The van der Waals surface area contributed by atoms with Gasteiger partial charge in [-0.1, -0.05) is 55.7 Å². The number of hydrogen-bond donors (Lipinski definition) is 0. The lowest BCUT2D eigenvalue weighted by Crippen LogP contribution is -1.77. The van der Waals surface area contributed by atoms with Crippen LogP contribution in [0.1, 0.15) is 40.5 Å². The van der Waals surface area contributed by atoms with E-state index >= 15 is 0 Å². The third-order valence-corrected chi connectivity index (χ3v) is 3.91. The van der Waals surface area contributed by atoms with Gasteiger partial charge in [0.15, 0.2) is 0 Å². The van der Waals surface area contributed by atoms with Gasteiger partial charge >= 0.3 is 0 Å². The van der Waals surface area contributed by atoms with E-state index in [1.54, 1.807) is 0 Å². The molecule has 0 aromatic heterocycles. The first kappa shape index (κ1) is 10.7. The van der Waals surface area contributed by atoms with Crippen LogP contribution < -0.4 is 0 Å². The van der Waals surface area contributed by atoms with Gasteiger partial charge in [0.05, 0.1) is 4.58 Å². The van der Waals surface area contributed by atoms with Gasteiger partial charge in [0.1, 0.15) is 0 Å². The van der Waals surface area contributed by atoms with Crippen molar-refractivity contribution in [3.05, 3.63) is 0 Å². The predicted octanol–water partition coefficient (Wildman–Crippen LogP) is 4.17. The summed E-state index contributed by atoms with van der Waals surface area (Å²) in [5, 5.41) is 0. The largest absolute Gasteiger partial charge is 0.0777 e. The van der Waals surface area contributed by atoms with Gasteiger partial charge in [0, 0.05) is 0 Å². The molecule has 0 saturated carbocycles. The Kier molecular flexibility index (Phi) is 6.86. The highest BCUT2D eigenvalue weighted by Gasteiger charge is 2.20. The van der Waals surface area contributed by atoms with Crippen LogP contribution in [0.3, 0.4) is 0 Å². The molecule has 0 amide bonds. The van der Waals surface area contributed by atoms with Crippen LogP contribution in [0.15, 0.2) is 0 Å². The maximum Gasteiger partial charge on any atom is 0.0707 e. The van der Waals surface area contributed by atoms with Gasteiger partial charge in [0.2, 0.25) is 0 Å². The Morgan fingerprint density at radius 3 is 1.60 bits per heavy atom. The van der Waals surface area contributed by atoms with Gasteiger partial charge in [-0.15, -0.1) is 0 Å². The maximum absolute atomic E-state index is 2.22. The minimum Gasteiger partial charge on any atom is -0.0777 e. The van der Waals surface area contributed by atoms with Crippen molar-refractivity contribution in [3.8, 4) is 0 Å². The fourth-order valence-electron chi connectivity index (χ4n) is 0.175. The van der Waals surface area contributed by atoms with Crippen molar-refractivity contribution in [2.24, 2.45) is 5.92 Å². The molecule has 1 saturated heterocycles. The summed E-state index contributed by atoms with van der Waals surface area (Å²) in [7, 11) is 3.97. The summed E-state index contributed by atoms with van der Waals surface area (Å²) in [5.41, 5.74) is 0. The molecule has 10 heavy (non-hydrogen) atoms. The Hall–Kier alpha value is 0.700. The fourth-order valence-corrected chi connectivity index (χ4v) is 1.58. The third-order valence-electron chi connectivity index (χ3n) is 1.38. The standard InChI is InChI=1S/C5H12.C3H6S2/c1-4-5(2)3;1-2-3-4-5-3/h5H,4H2,1-3H3;3H,2H2,1H3. The smallest absolute Gasteiger partial charge is 0.0707 e. The molecular formula is C8H18S2. The summed E-state index contributed by atoms with van der Waals surface area (Å²) < 4.78 is 0.968. The Bertz CT molecular complexity index is 65.7. The second kappa shape index (κ2) is 6.41. The number of rotatable bonds is 2. The van der Waals surface area contributed by atoms with Crippen molar-refractivity contribution in [2.45, 2.75) is 45.1 Å². The Morgan fingerprint density at radius 1 is 1.20 bits per heavy atom. The quantitative estimate of drug-likeness (QED) is 0.460. The van der Waals surface area contributed by atoms with E-state index < -0.39 is 0 Å². The van der Waals surface area contributed by atoms with Crippen LogP contribution in [0.5, 0.6) is 0 Å². The van der Waals surface area contributed by atoms with Crippen LogP contribution in [0.2, 0.25) is 0 Å². The van der Waals surface area contributed by atoms with Gasteiger partial charge < -0.3 is 0 Å². The van der Waals surface area contributed by atoms with Crippen LogP contribution in [0, 0.1) is 5.92 Å². The van der Waals surface area contributed by atoms with Crippen molar-refractivity contribution in [3.63, 3.8) is 0 Å². The summed E-state index contributed by atoms with van der Waals surface area (Å²) in [6.45, 7) is 8.86. The normalized spacial score (nSPS) is 16.5. The molecule has 0 aromatic rings. The van der Waals surface area contributed by atoms with Gasteiger partial charge in [-0.2, -0.15) is 0 Å². The van der Waals surface area contributed by atoms with Gasteiger partial charge in [-0.05, 0) is 12.3 Å². The van der Waals surface area contributed by atoms with Crippen molar-refractivity contribution in [2.75, 3.05) is 0 Å². The maximum atomic E-state index is 2.22. The molecule has 1 aliphatic rings. The monoisotopic (exact) mass is 178 g/mol. The van der Waals surface area contributed by atoms with Crippen molar-refractivity contribution < 1.29 is 0 Å². The molecule has 1 rings (SSSR count). The first-order valence-electron chi connectivity index (χ1n) is 4.02. The molecule has 0 spiro atoms. The zero-order chi connectivity index (χ0) is 7.98. The average Bonchev–Trinajstić information content (AvgIpc) is 2.70. The Morgan fingerprint density at radius 2 is 1.60 bits per heavy atom. The van der Waals surface area contributed by atoms with E-state index in [2.05, 4.69) is 27.7 Å². The second-order valence-electron chi connectivity index (χ2n) is 2.83. The summed E-state index contributed by atoms with van der Waals surface area (Å²) >= 11 is 0. The lowest BCUT2D eigenvalue weighted by Gasteiger charge is -1.90. The number of hydrogen-bond acceptors (Lipinski definition) is 2. The Labute approximate surface area is 72.9 Å². The van der Waals surface area contributed by atoms with Crippen LogP contribution in [0.25, 0.3) is 0 Å². The first-order valence-corrected chi connectivity index (χ1v) is 6.30. The molecule has 1 aliphatic heterocycles. The third kappa shape index (κ3) is 8.70. The van der Waals surface area contributed by atoms with E-state index in [1.807, 2.05) is 21.6 Å². The topological polar surface area (TPSA) is 0 Å². The lowest BCUT2D eigenvalue weighted by molar-refractivity contribution is 0.626. The summed E-state index contributed by atoms with van der Waals surface area (Å²) in [6, 6.07) is 0. The van der Waals surface area contributed by atoms with Crippen molar-refractivity contribution in [1.29, 1.82) is 0 Å². The second-order valence-corrected chi connectivity index (χ2v) is 5.81. The molecule has 0 unspecified atom stereocenters. The highest BCUT2D eigenvalue weighted by atomic mass is 33.2. The first-order chi connectivity index (χ1) is 4.70. The van der Waals surface area contributed by atoms with Crippen LogP contribution in [-0.2, 0) is 0 Å². The van der Waals surface area contributed by atoms with Crippen LogP contribution >= 0.6 is 21.6 Å². The molecule has 0 radical (unpaired) electrons. The molecule has 2 heteroatoms. The molecule has 0 nitrogen and oxygen atoms in total. The van der Waals surface area contributed by atoms with Gasteiger partial charge in [-0.25, -0.2) is 0 Å². The van der Waals surface area contributed by atoms with E-state index in [1.165, 1.54) is 12.8 Å². The lowest BCUT2D eigenvalue weighted by atomic mass is 10.2. The highest BCUT2D eigenvalue weighted by molar-refractivity contribution is 8.92. The van der Waals surface area contributed by atoms with Crippen molar-refractivity contribution >= 4 is 21.6 Å². The van der Waals surface area contributed by atoms with E-state index in [-0.39, 0.29) is 0 Å². The summed E-state index contributed by atoms with van der Waals surface area (Å²) in [6.07, 6.45) is 2.65. The SMILES string of the molecule is CCC(C)C.CCC1SS1. The fraction of sp³-hybridized carbons (Fsp3) is 1.00. The molecule has 62 valence electrons. The predicted molar refractivity (Wildman–Crippen MR) is 54.4 cm³/mol. The molecule has 0 N–H and O–H groups in total. The zero-order valence-corrected chi connectivity index (χ0v) is 9.02. The van der Waals surface area contributed by atoms with E-state index in [9.17, 15) is 0 Å². The summed E-state index contributed by atoms with van der Waals surface area (Å²) in [4.78, 5) is 0. The molecular weight excluding hydrogens is 160 g/mol. The van der Waals surface area contributed by atoms with Gasteiger partial charge in [0.25, 0.3) is 0 Å². The molecule has 0 aromatic carbocycles. The van der Waals surface area contributed by atoms with Gasteiger partial charge in [-0.3, -0.25) is 0 Å². The average molecular weight is 178 g/mol. The minimum absolute atomic E-state index is 0.884. The van der Waals surface area contributed by atoms with E-state index in [0.29, 0.717) is 0 Å². The molecule has 0 atom stereocenters.